The van der Waals surface area contributed by atoms with E-state index in [-0.39, 0.29) is 17.4 Å². The number of carbonyl (C=O) groups is 1. The molecule has 1 N–H and O–H groups in total. The number of aromatic nitrogens is 3. The van der Waals surface area contributed by atoms with E-state index < -0.39 is 5.69 Å². The first kappa shape index (κ1) is 17.8. The van der Waals surface area contributed by atoms with Crippen LogP contribution in [0.5, 0.6) is 0 Å². The van der Waals surface area contributed by atoms with E-state index >= 15 is 0 Å². The highest BCUT2D eigenvalue weighted by Gasteiger charge is 2.24. The van der Waals surface area contributed by atoms with Gasteiger partial charge in [0.25, 0.3) is 5.91 Å². The Labute approximate surface area is 160 Å². The minimum Gasteiger partial charge on any atom is -0.353 e. The van der Waals surface area contributed by atoms with Gasteiger partial charge in [0.15, 0.2) is 0 Å². The van der Waals surface area contributed by atoms with E-state index in [0.29, 0.717) is 37.4 Å². The standard InChI is InChI=1S/C20H18FN5O2/c21-15-6-4-14(5-7-15)16-13-17(24-20(28)23-16)19(27)26-11-9-25(10-12-26)18-3-1-2-8-22-18/h1-8,13H,9-12H2,(H,23,24,28). The zero-order chi connectivity index (χ0) is 19.5. The Balaban J connectivity index is 1.51. The van der Waals surface area contributed by atoms with Gasteiger partial charge in [-0.3, -0.25) is 4.79 Å². The Morgan fingerprint density at radius 1 is 1.04 bits per heavy atom. The van der Waals surface area contributed by atoms with Crippen molar-refractivity contribution in [2.75, 3.05) is 31.1 Å². The molecule has 0 aliphatic carbocycles. The van der Waals surface area contributed by atoms with E-state index in [0.717, 1.165) is 5.82 Å². The number of nitrogens with one attached hydrogen (secondary N) is 1. The van der Waals surface area contributed by atoms with E-state index in [1.807, 2.05) is 18.2 Å². The first-order chi connectivity index (χ1) is 13.6. The minimum atomic E-state index is -0.614. The van der Waals surface area contributed by atoms with Gasteiger partial charge in [-0.05, 0) is 42.5 Å². The molecule has 1 aliphatic rings. The zero-order valence-electron chi connectivity index (χ0n) is 15.0. The van der Waals surface area contributed by atoms with Crippen LogP contribution in [0.15, 0.2) is 59.5 Å². The molecule has 2 aromatic heterocycles. The van der Waals surface area contributed by atoms with Crippen LogP contribution in [-0.2, 0) is 0 Å². The predicted molar refractivity (Wildman–Crippen MR) is 103 cm³/mol. The maximum Gasteiger partial charge on any atom is 0.346 e. The van der Waals surface area contributed by atoms with Crippen LogP contribution < -0.4 is 10.6 Å². The van der Waals surface area contributed by atoms with Crippen molar-refractivity contribution < 1.29 is 9.18 Å². The fourth-order valence-corrected chi connectivity index (χ4v) is 3.19. The van der Waals surface area contributed by atoms with E-state index in [9.17, 15) is 14.0 Å². The van der Waals surface area contributed by atoms with Crippen LogP contribution in [0.2, 0.25) is 0 Å². The van der Waals surface area contributed by atoms with Gasteiger partial charge in [-0.25, -0.2) is 14.2 Å². The summed E-state index contributed by atoms with van der Waals surface area (Å²) in [4.78, 5) is 39.4. The molecule has 0 radical (unpaired) electrons. The lowest BCUT2D eigenvalue weighted by atomic mass is 10.1. The normalized spacial score (nSPS) is 14.2. The van der Waals surface area contributed by atoms with Gasteiger partial charge in [-0.15, -0.1) is 0 Å². The molecule has 1 fully saturated rings. The molecule has 0 atom stereocenters. The molecule has 3 heterocycles. The number of piperazine rings is 1. The summed E-state index contributed by atoms with van der Waals surface area (Å²) in [5.74, 6) is 0.240. The topological polar surface area (TPSA) is 82.2 Å². The summed E-state index contributed by atoms with van der Waals surface area (Å²) in [7, 11) is 0. The number of halogens is 1. The Hall–Kier alpha value is -3.55. The predicted octanol–water partition coefficient (Wildman–Crippen LogP) is 1.93. The number of carbonyl (C=O) groups excluding carboxylic acids is 1. The summed E-state index contributed by atoms with van der Waals surface area (Å²) < 4.78 is 13.1. The highest BCUT2D eigenvalue weighted by atomic mass is 19.1. The molecule has 0 unspecified atom stereocenters. The largest absolute Gasteiger partial charge is 0.353 e. The number of hydrogen-bond donors (Lipinski definition) is 1. The van der Waals surface area contributed by atoms with Crippen LogP contribution in [0.25, 0.3) is 11.3 Å². The SMILES string of the molecule is O=C(c1cc(-c2ccc(F)cc2)nc(=O)[nH]1)N1CCN(c2ccccn2)CC1. The van der Waals surface area contributed by atoms with Crippen molar-refractivity contribution in [3.8, 4) is 11.3 Å². The molecule has 1 aromatic carbocycles. The van der Waals surface area contributed by atoms with E-state index in [4.69, 9.17) is 0 Å². The molecule has 1 saturated heterocycles. The van der Waals surface area contributed by atoms with Crippen molar-refractivity contribution in [2.24, 2.45) is 0 Å². The molecule has 28 heavy (non-hydrogen) atoms. The van der Waals surface area contributed by atoms with Crippen LogP contribution in [0.4, 0.5) is 10.2 Å². The van der Waals surface area contributed by atoms with Gasteiger partial charge in [0.2, 0.25) is 0 Å². The fraction of sp³-hybridized carbons (Fsp3) is 0.200. The third kappa shape index (κ3) is 3.75. The molecule has 0 saturated carbocycles. The number of amides is 1. The van der Waals surface area contributed by atoms with Crippen molar-refractivity contribution in [3.63, 3.8) is 0 Å². The second-order valence-corrected chi connectivity index (χ2v) is 6.46. The van der Waals surface area contributed by atoms with Gasteiger partial charge in [0.1, 0.15) is 17.3 Å². The lowest BCUT2D eigenvalue weighted by Crippen LogP contribution is -2.49. The lowest BCUT2D eigenvalue weighted by Gasteiger charge is -2.35. The highest BCUT2D eigenvalue weighted by molar-refractivity contribution is 5.93. The number of benzene rings is 1. The summed E-state index contributed by atoms with van der Waals surface area (Å²) >= 11 is 0. The number of pyridine rings is 1. The van der Waals surface area contributed by atoms with E-state index in [2.05, 4.69) is 19.9 Å². The summed E-state index contributed by atoms with van der Waals surface area (Å²) in [6, 6.07) is 12.9. The smallest absolute Gasteiger partial charge is 0.346 e. The van der Waals surface area contributed by atoms with Crippen LogP contribution in [0.3, 0.4) is 0 Å². The summed E-state index contributed by atoms with van der Waals surface area (Å²) in [5.41, 5.74) is 0.462. The molecule has 1 amide bonds. The average molecular weight is 379 g/mol. The number of nitrogens with zero attached hydrogens (tertiary/aromatic N) is 4. The molecule has 1 aliphatic heterocycles. The molecule has 8 heteroatoms. The van der Waals surface area contributed by atoms with Gasteiger partial charge in [0, 0.05) is 37.9 Å². The number of aromatic amines is 1. The number of H-pyrrole nitrogens is 1. The first-order valence-corrected chi connectivity index (χ1v) is 8.93. The number of hydrogen-bond acceptors (Lipinski definition) is 5. The second kappa shape index (κ2) is 7.59. The quantitative estimate of drug-likeness (QED) is 0.752. The maximum absolute atomic E-state index is 13.1. The van der Waals surface area contributed by atoms with Crippen molar-refractivity contribution >= 4 is 11.7 Å². The van der Waals surface area contributed by atoms with E-state index in [1.165, 1.54) is 30.3 Å². The first-order valence-electron chi connectivity index (χ1n) is 8.93. The summed E-state index contributed by atoms with van der Waals surface area (Å²) in [6.45, 7) is 2.35. The molecular formula is C20H18FN5O2. The van der Waals surface area contributed by atoms with Crippen molar-refractivity contribution in [2.45, 2.75) is 0 Å². The van der Waals surface area contributed by atoms with Gasteiger partial charge >= 0.3 is 5.69 Å². The van der Waals surface area contributed by atoms with Crippen LogP contribution >= 0.6 is 0 Å². The Morgan fingerprint density at radius 2 is 1.79 bits per heavy atom. The van der Waals surface area contributed by atoms with Crippen molar-refractivity contribution in [1.82, 2.24) is 19.9 Å². The minimum absolute atomic E-state index is 0.172. The van der Waals surface area contributed by atoms with Gasteiger partial charge in [-0.2, -0.15) is 4.98 Å². The van der Waals surface area contributed by atoms with Gasteiger partial charge in [-0.1, -0.05) is 6.07 Å². The van der Waals surface area contributed by atoms with Crippen molar-refractivity contribution in [1.29, 1.82) is 0 Å². The molecule has 7 nitrogen and oxygen atoms in total. The average Bonchev–Trinajstić information content (AvgIpc) is 2.74. The molecule has 142 valence electrons. The van der Waals surface area contributed by atoms with Gasteiger partial charge < -0.3 is 14.8 Å². The van der Waals surface area contributed by atoms with Crippen LogP contribution in [0, 0.1) is 5.82 Å². The highest BCUT2D eigenvalue weighted by Crippen LogP contribution is 2.18. The molecule has 0 bridgehead atoms. The third-order valence-corrected chi connectivity index (χ3v) is 4.66. The lowest BCUT2D eigenvalue weighted by molar-refractivity contribution is 0.0740. The van der Waals surface area contributed by atoms with Crippen LogP contribution in [-0.4, -0.2) is 51.9 Å². The van der Waals surface area contributed by atoms with Crippen LogP contribution in [0.1, 0.15) is 10.5 Å². The Morgan fingerprint density at radius 3 is 2.46 bits per heavy atom. The molecule has 0 spiro atoms. The molecule has 3 aromatic rings. The second-order valence-electron chi connectivity index (χ2n) is 6.46. The summed E-state index contributed by atoms with van der Waals surface area (Å²) in [6.07, 6.45) is 1.74. The molecule has 4 rings (SSSR count). The van der Waals surface area contributed by atoms with E-state index in [1.54, 1.807) is 11.1 Å². The third-order valence-electron chi connectivity index (χ3n) is 4.66. The Bertz CT molecular complexity index is 1030. The Kier molecular flexibility index (Phi) is 4.84. The number of anilines is 1. The summed E-state index contributed by atoms with van der Waals surface area (Å²) in [5, 5.41) is 0. The molecular weight excluding hydrogens is 361 g/mol. The van der Waals surface area contributed by atoms with Gasteiger partial charge in [0.05, 0.1) is 5.69 Å². The van der Waals surface area contributed by atoms with Crippen molar-refractivity contribution in [3.05, 3.63) is 76.7 Å². The monoisotopic (exact) mass is 379 g/mol. The number of rotatable bonds is 3. The zero-order valence-corrected chi connectivity index (χ0v) is 15.0. The fourth-order valence-electron chi connectivity index (χ4n) is 3.19. The maximum atomic E-state index is 13.1.